The summed E-state index contributed by atoms with van der Waals surface area (Å²) in [4.78, 5) is 17.3. The Bertz CT molecular complexity index is 873. The van der Waals surface area contributed by atoms with Crippen molar-refractivity contribution in [3.05, 3.63) is 66.0 Å². The maximum absolute atomic E-state index is 12.6. The number of nitrogens with one attached hydrogen (secondary N) is 1. The third kappa shape index (κ3) is 3.03. The molecule has 0 aliphatic carbocycles. The van der Waals surface area contributed by atoms with Crippen molar-refractivity contribution in [1.29, 1.82) is 0 Å². The normalized spacial score (nSPS) is 13.6. The van der Waals surface area contributed by atoms with Gasteiger partial charge < -0.3 is 9.30 Å². The lowest BCUT2D eigenvalue weighted by Crippen LogP contribution is -2.49. The molecule has 0 amide bonds. The average Bonchev–Trinajstić information content (AvgIpc) is 2.99. The Morgan fingerprint density at radius 3 is 2.48 bits per heavy atom. The average molecular weight is 337 g/mol. The molecule has 0 fully saturated rings. The van der Waals surface area contributed by atoms with Crippen molar-refractivity contribution in [2.75, 3.05) is 7.11 Å². The zero-order valence-corrected chi connectivity index (χ0v) is 14.8. The third-order valence-corrected chi connectivity index (χ3v) is 4.76. The molecule has 2 aromatic carbocycles. The van der Waals surface area contributed by atoms with Crippen LogP contribution in [0.3, 0.4) is 0 Å². The van der Waals surface area contributed by atoms with Gasteiger partial charge in [-0.1, -0.05) is 49.4 Å². The maximum atomic E-state index is 12.6. The van der Waals surface area contributed by atoms with Gasteiger partial charge in [-0.3, -0.25) is 5.32 Å². The van der Waals surface area contributed by atoms with E-state index in [1.54, 1.807) is 0 Å². The van der Waals surface area contributed by atoms with E-state index in [9.17, 15) is 4.79 Å². The van der Waals surface area contributed by atoms with Gasteiger partial charge in [0.2, 0.25) is 0 Å². The molecule has 0 aliphatic heterocycles. The van der Waals surface area contributed by atoms with E-state index in [0.29, 0.717) is 13.0 Å². The molecule has 130 valence electrons. The fourth-order valence-electron chi connectivity index (χ4n) is 3.25. The van der Waals surface area contributed by atoms with Gasteiger partial charge in [0.25, 0.3) is 0 Å². The molecule has 3 aromatic rings. The van der Waals surface area contributed by atoms with Gasteiger partial charge in [-0.2, -0.15) is 0 Å². The highest BCUT2D eigenvalue weighted by Gasteiger charge is 2.39. The second-order valence-electron chi connectivity index (χ2n) is 6.05. The standard InChI is InChI=1S/C20H23N3O2/c1-4-20(19(24)25-3,15-10-6-5-7-11-15)21-14-18-22-16-12-8-9-13-17(16)23(18)2/h5-13,21H,4,14H2,1-3H3/t20-/m0/s1. The van der Waals surface area contributed by atoms with Crippen molar-refractivity contribution in [1.82, 2.24) is 14.9 Å². The Morgan fingerprint density at radius 2 is 1.84 bits per heavy atom. The maximum Gasteiger partial charge on any atom is 0.330 e. The summed E-state index contributed by atoms with van der Waals surface area (Å²) in [6.45, 7) is 2.44. The molecule has 1 heterocycles. The van der Waals surface area contributed by atoms with E-state index in [0.717, 1.165) is 22.4 Å². The molecule has 0 aliphatic rings. The first kappa shape index (κ1) is 17.2. The van der Waals surface area contributed by atoms with Crippen LogP contribution in [0.1, 0.15) is 24.7 Å². The molecule has 5 nitrogen and oxygen atoms in total. The lowest BCUT2D eigenvalue weighted by atomic mass is 9.87. The van der Waals surface area contributed by atoms with Crippen LogP contribution < -0.4 is 5.32 Å². The van der Waals surface area contributed by atoms with Crippen LogP contribution >= 0.6 is 0 Å². The first-order valence-corrected chi connectivity index (χ1v) is 8.41. The van der Waals surface area contributed by atoms with Gasteiger partial charge in [0.1, 0.15) is 11.4 Å². The summed E-state index contributed by atoms with van der Waals surface area (Å²) >= 11 is 0. The number of hydrogen-bond donors (Lipinski definition) is 1. The van der Waals surface area contributed by atoms with Gasteiger partial charge in [-0.25, -0.2) is 9.78 Å². The Balaban J connectivity index is 1.95. The molecule has 0 bridgehead atoms. The number of hydrogen-bond acceptors (Lipinski definition) is 4. The van der Waals surface area contributed by atoms with Gasteiger partial charge >= 0.3 is 5.97 Å². The molecule has 0 spiro atoms. The number of aromatic nitrogens is 2. The number of aryl methyl sites for hydroxylation is 1. The zero-order valence-electron chi connectivity index (χ0n) is 14.8. The van der Waals surface area contributed by atoms with Gasteiger partial charge in [-0.05, 0) is 24.1 Å². The fourth-order valence-corrected chi connectivity index (χ4v) is 3.25. The van der Waals surface area contributed by atoms with Crippen molar-refractivity contribution >= 4 is 17.0 Å². The van der Waals surface area contributed by atoms with Crippen LogP contribution in [0.25, 0.3) is 11.0 Å². The van der Waals surface area contributed by atoms with Gasteiger partial charge in [0, 0.05) is 7.05 Å². The van der Waals surface area contributed by atoms with Crippen LogP contribution in [-0.4, -0.2) is 22.6 Å². The predicted molar refractivity (Wildman–Crippen MR) is 98.0 cm³/mol. The Hall–Kier alpha value is -2.66. The third-order valence-electron chi connectivity index (χ3n) is 4.76. The van der Waals surface area contributed by atoms with Gasteiger partial charge in [-0.15, -0.1) is 0 Å². The Kier molecular flexibility index (Phi) is 4.86. The number of carbonyl (C=O) groups is 1. The molecule has 5 heteroatoms. The molecule has 0 saturated heterocycles. The smallest absolute Gasteiger partial charge is 0.330 e. The van der Waals surface area contributed by atoms with E-state index in [-0.39, 0.29) is 5.97 Å². The number of nitrogens with zero attached hydrogens (tertiary/aromatic N) is 2. The van der Waals surface area contributed by atoms with E-state index >= 15 is 0 Å². The van der Waals surface area contributed by atoms with Crippen LogP contribution in [-0.2, 0) is 28.7 Å². The molecule has 3 rings (SSSR count). The summed E-state index contributed by atoms with van der Waals surface area (Å²) in [6.07, 6.45) is 0.577. The lowest BCUT2D eigenvalue weighted by Gasteiger charge is -2.31. The van der Waals surface area contributed by atoms with Crippen molar-refractivity contribution in [2.24, 2.45) is 7.05 Å². The lowest BCUT2D eigenvalue weighted by molar-refractivity contribution is -0.149. The van der Waals surface area contributed by atoms with E-state index in [1.807, 2.05) is 73.1 Å². The minimum atomic E-state index is -0.895. The molecule has 0 radical (unpaired) electrons. The van der Waals surface area contributed by atoms with Gasteiger partial charge in [0.05, 0.1) is 24.7 Å². The van der Waals surface area contributed by atoms with Crippen LogP contribution in [0, 0.1) is 0 Å². The quantitative estimate of drug-likeness (QED) is 0.702. The second kappa shape index (κ2) is 7.07. The number of carbonyl (C=O) groups excluding carboxylic acids is 1. The number of esters is 1. The Morgan fingerprint density at radius 1 is 1.16 bits per heavy atom. The topological polar surface area (TPSA) is 56.2 Å². The number of ether oxygens (including phenoxy) is 1. The molecule has 1 N–H and O–H groups in total. The largest absolute Gasteiger partial charge is 0.467 e. The molecule has 25 heavy (non-hydrogen) atoms. The fraction of sp³-hybridized carbons (Fsp3) is 0.300. The number of fused-ring (bicyclic) bond motifs is 1. The molecular formula is C20H23N3O2. The number of rotatable bonds is 6. The van der Waals surface area contributed by atoms with Crippen molar-refractivity contribution in [3.8, 4) is 0 Å². The minimum Gasteiger partial charge on any atom is -0.467 e. The monoisotopic (exact) mass is 337 g/mol. The second-order valence-corrected chi connectivity index (χ2v) is 6.05. The first-order valence-electron chi connectivity index (χ1n) is 8.41. The Labute approximate surface area is 147 Å². The van der Waals surface area contributed by atoms with Crippen LogP contribution in [0.5, 0.6) is 0 Å². The highest BCUT2D eigenvalue weighted by atomic mass is 16.5. The first-order chi connectivity index (χ1) is 12.1. The van der Waals surface area contributed by atoms with E-state index < -0.39 is 5.54 Å². The summed E-state index contributed by atoms with van der Waals surface area (Å²) in [7, 11) is 3.41. The van der Waals surface area contributed by atoms with Gasteiger partial charge in [0.15, 0.2) is 0 Å². The van der Waals surface area contributed by atoms with Crippen LogP contribution in [0.4, 0.5) is 0 Å². The number of benzene rings is 2. The number of methoxy groups -OCH3 is 1. The van der Waals surface area contributed by atoms with Crippen molar-refractivity contribution in [3.63, 3.8) is 0 Å². The van der Waals surface area contributed by atoms with E-state index in [1.165, 1.54) is 7.11 Å². The molecule has 1 atom stereocenters. The predicted octanol–water partition coefficient (Wildman–Crippen LogP) is 3.14. The molecule has 0 unspecified atom stereocenters. The van der Waals surface area contributed by atoms with Crippen LogP contribution in [0.2, 0.25) is 0 Å². The minimum absolute atomic E-state index is 0.292. The summed E-state index contributed by atoms with van der Waals surface area (Å²) in [6, 6.07) is 17.7. The molecule has 1 aromatic heterocycles. The van der Waals surface area contributed by atoms with E-state index in [2.05, 4.69) is 10.3 Å². The SMILES string of the molecule is CC[C@@](NCc1nc2ccccc2n1C)(C(=O)OC)c1ccccc1. The van der Waals surface area contributed by atoms with Crippen molar-refractivity contribution < 1.29 is 9.53 Å². The summed E-state index contributed by atoms with van der Waals surface area (Å²) < 4.78 is 7.16. The number of para-hydroxylation sites is 2. The number of imidazole rings is 1. The summed E-state index contributed by atoms with van der Waals surface area (Å²) in [5.41, 5.74) is 2.01. The van der Waals surface area contributed by atoms with Crippen molar-refractivity contribution in [2.45, 2.75) is 25.4 Å². The highest BCUT2D eigenvalue weighted by Crippen LogP contribution is 2.27. The summed E-state index contributed by atoms with van der Waals surface area (Å²) in [5, 5.41) is 3.41. The molecular weight excluding hydrogens is 314 g/mol. The summed E-state index contributed by atoms with van der Waals surface area (Å²) in [5.74, 6) is 0.582. The molecule has 0 saturated carbocycles. The zero-order chi connectivity index (χ0) is 17.9. The highest BCUT2D eigenvalue weighted by molar-refractivity contribution is 5.82. The van der Waals surface area contributed by atoms with E-state index in [4.69, 9.17) is 4.74 Å². The van der Waals surface area contributed by atoms with Crippen LogP contribution in [0.15, 0.2) is 54.6 Å².